The van der Waals surface area contributed by atoms with E-state index in [1.165, 1.54) is 12.8 Å². The minimum atomic E-state index is -3.43. The monoisotopic (exact) mass is 344 g/mol. The van der Waals surface area contributed by atoms with E-state index >= 15 is 0 Å². The summed E-state index contributed by atoms with van der Waals surface area (Å²) in [5.74, 6) is 1.13. The molecular formula is C14H20N2O2S3. The number of thiocarbonyl (C=S) groups is 1. The van der Waals surface area contributed by atoms with Gasteiger partial charge in [-0.3, -0.25) is 0 Å². The van der Waals surface area contributed by atoms with Gasteiger partial charge in [-0.15, -0.1) is 0 Å². The van der Waals surface area contributed by atoms with Crippen molar-refractivity contribution in [1.82, 2.24) is 4.72 Å². The average molecular weight is 345 g/mol. The van der Waals surface area contributed by atoms with Crippen LogP contribution in [0.1, 0.15) is 24.8 Å². The van der Waals surface area contributed by atoms with Crippen molar-refractivity contribution in [3.63, 3.8) is 0 Å². The Bertz CT molecular complexity index is 579. The molecule has 7 heteroatoms. The van der Waals surface area contributed by atoms with Crippen LogP contribution in [0.25, 0.3) is 0 Å². The summed E-state index contributed by atoms with van der Waals surface area (Å²) in [6.45, 7) is 0.502. The van der Waals surface area contributed by atoms with Gasteiger partial charge in [0.2, 0.25) is 10.0 Å². The molecule has 0 saturated carbocycles. The third-order valence-electron chi connectivity index (χ3n) is 3.39. The van der Waals surface area contributed by atoms with Gasteiger partial charge in [0.15, 0.2) is 0 Å². The summed E-state index contributed by atoms with van der Waals surface area (Å²) in [7, 11) is -3.43. The van der Waals surface area contributed by atoms with Gasteiger partial charge in [0.25, 0.3) is 0 Å². The predicted molar refractivity (Wildman–Crippen MR) is 92.2 cm³/mol. The number of benzene rings is 1. The minimum absolute atomic E-state index is 0.287. The van der Waals surface area contributed by atoms with Crippen LogP contribution in [0.4, 0.5) is 0 Å². The molecule has 1 saturated heterocycles. The Morgan fingerprint density at radius 2 is 2.05 bits per heavy atom. The van der Waals surface area contributed by atoms with Crippen LogP contribution in [0, 0.1) is 0 Å². The van der Waals surface area contributed by atoms with E-state index in [4.69, 9.17) is 18.0 Å². The number of thioether (sulfide) groups is 1. The van der Waals surface area contributed by atoms with Gasteiger partial charge in [-0.25, -0.2) is 13.1 Å². The third kappa shape index (κ3) is 5.25. The van der Waals surface area contributed by atoms with Crippen molar-refractivity contribution in [2.45, 2.75) is 35.8 Å². The second-order valence-corrected chi connectivity index (χ2v) is 8.83. The first-order valence-corrected chi connectivity index (χ1v) is 9.90. The summed E-state index contributed by atoms with van der Waals surface area (Å²) in [5, 5.41) is 0.391. The number of nitrogens with one attached hydrogen (secondary N) is 1. The van der Waals surface area contributed by atoms with E-state index in [9.17, 15) is 8.42 Å². The van der Waals surface area contributed by atoms with Crippen LogP contribution < -0.4 is 10.5 Å². The first-order chi connectivity index (χ1) is 9.97. The molecule has 1 aliphatic heterocycles. The molecule has 1 aliphatic rings. The zero-order valence-electron chi connectivity index (χ0n) is 11.7. The largest absolute Gasteiger partial charge is 0.393 e. The van der Waals surface area contributed by atoms with Crippen LogP contribution in [0.3, 0.4) is 0 Å². The fraction of sp³-hybridized carbons (Fsp3) is 0.500. The van der Waals surface area contributed by atoms with Gasteiger partial charge >= 0.3 is 0 Å². The molecule has 0 bridgehead atoms. The van der Waals surface area contributed by atoms with Crippen LogP contribution >= 0.6 is 24.0 Å². The van der Waals surface area contributed by atoms with E-state index < -0.39 is 10.0 Å². The lowest BCUT2D eigenvalue weighted by Gasteiger charge is -2.21. The lowest BCUT2D eigenvalue weighted by molar-refractivity contribution is 0.574. The standard InChI is InChI=1S/C14H20N2O2S3/c15-14(19)9-11-4-6-13(7-5-11)21(17,18)16-10-12-3-1-2-8-20-12/h4-7,12,16H,1-3,8-10H2,(H2,15,19). The first-order valence-electron chi connectivity index (χ1n) is 6.96. The molecule has 0 amide bonds. The summed E-state index contributed by atoms with van der Waals surface area (Å²) in [5.41, 5.74) is 6.40. The summed E-state index contributed by atoms with van der Waals surface area (Å²) in [6.07, 6.45) is 3.99. The predicted octanol–water partition coefficient (Wildman–Crippen LogP) is 2.08. The van der Waals surface area contributed by atoms with E-state index in [0.29, 0.717) is 23.2 Å². The topological polar surface area (TPSA) is 72.2 Å². The third-order valence-corrected chi connectivity index (χ3v) is 6.37. The normalized spacial score (nSPS) is 19.3. The maximum atomic E-state index is 12.2. The van der Waals surface area contributed by atoms with Crippen molar-refractivity contribution in [1.29, 1.82) is 0 Å². The molecule has 1 aromatic carbocycles. The van der Waals surface area contributed by atoms with Gasteiger partial charge in [0, 0.05) is 18.2 Å². The molecule has 21 heavy (non-hydrogen) atoms. The van der Waals surface area contributed by atoms with E-state index in [1.807, 2.05) is 11.8 Å². The molecule has 3 N–H and O–H groups in total. The molecule has 2 rings (SSSR count). The number of sulfonamides is 1. The minimum Gasteiger partial charge on any atom is -0.393 e. The highest BCUT2D eigenvalue weighted by Crippen LogP contribution is 2.24. The Morgan fingerprint density at radius 3 is 2.62 bits per heavy atom. The molecule has 1 heterocycles. The molecule has 0 radical (unpaired) electrons. The van der Waals surface area contributed by atoms with Crippen LogP contribution in [-0.4, -0.2) is 31.0 Å². The van der Waals surface area contributed by atoms with Gasteiger partial charge in [-0.2, -0.15) is 11.8 Å². The lowest BCUT2D eigenvalue weighted by Crippen LogP contribution is -2.32. The zero-order valence-corrected chi connectivity index (χ0v) is 14.2. The summed E-state index contributed by atoms with van der Waals surface area (Å²) < 4.78 is 27.2. The molecule has 1 unspecified atom stereocenters. The Labute approximate surface area is 135 Å². The van der Waals surface area contributed by atoms with Crippen molar-refractivity contribution < 1.29 is 8.42 Å². The van der Waals surface area contributed by atoms with E-state index in [0.717, 1.165) is 17.7 Å². The number of rotatable bonds is 6. The van der Waals surface area contributed by atoms with Gasteiger partial charge in [0.1, 0.15) is 0 Å². The van der Waals surface area contributed by atoms with E-state index in [-0.39, 0.29) is 4.90 Å². The fourth-order valence-electron chi connectivity index (χ4n) is 2.24. The Morgan fingerprint density at radius 1 is 1.33 bits per heavy atom. The smallest absolute Gasteiger partial charge is 0.240 e. The zero-order chi connectivity index (χ0) is 15.3. The molecule has 0 spiro atoms. The first kappa shape index (κ1) is 16.7. The summed E-state index contributed by atoms with van der Waals surface area (Å²) in [4.78, 5) is 0.688. The van der Waals surface area contributed by atoms with Crippen molar-refractivity contribution in [3.8, 4) is 0 Å². The van der Waals surface area contributed by atoms with Crippen LogP contribution in [0.15, 0.2) is 29.2 Å². The molecule has 116 valence electrons. The molecule has 4 nitrogen and oxygen atoms in total. The highest BCUT2D eigenvalue weighted by atomic mass is 32.2. The second-order valence-electron chi connectivity index (χ2n) is 5.13. The SMILES string of the molecule is NC(=S)Cc1ccc(S(=O)(=O)NCC2CCCCS2)cc1. The van der Waals surface area contributed by atoms with E-state index in [2.05, 4.69) is 4.72 Å². The summed E-state index contributed by atoms with van der Waals surface area (Å²) >= 11 is 6.70. The number of hydrogen-bond acceptors (Lipinski definition) is 4. The van der Waals surface area contributed by atoms with Gasteiger partial charge < -0.3 is 5.73 Å². The number of hydrogen-bond donors (Lipinski definition) is 2. The highest BCUT2D eigenvalue weighted by molar-refractivity contribution is 8.00. The van der Waals surface area contributed by atoms with Crippen molar-refractivity contribution >= 4 is 39.0 Å². The second kappa shape index (κ2) is 7.58. The number of nitrogens with two attached hydrogens (primary N) is 1. The van der Waals surface area contributed by atoms with E-state index in [1.54, 1.807) is 24.3 Å². The maximum Gasteiger partial charge on any atom is 0.240 e. The Hall–Kier alpha value is -0.630. The molecule has 1 fully saturated rings. The van der Waals surface area contributed by atoms with Crippen LogP contribution in [0.2, 0.25) is 0 Å². The lowest BCUT2D eigenvalue weighted by atomic mass is 10.1. The fourth-order valence-corrected chi connectivity index (χ4v) is 4.83. The van der Waals surface area contributed by atoms with Crippen molar-refractivity contribution in [2.24, 2.45) is 5.73 Å². The maximum absolute atomic E-state index is 12.2. The summed E-state index contributed by atoms with van der Waals surface area (Å²) in [6, 6.07) is 6.71. The molecule has 0 aliphatic carbocycles. The Kier molecular flexibility index (Phi) is 6.04. The quantitative estimate of drug-likeness (QED) is 0.773. The van der Waals surface area contributed by atoms with Crippen LogP contribution in [-0.2, 0) is 16.4 Å². The van der Waals surface area contributed by atoms with Gasteiger partial charge in [-0.05, 0) is 36.3 Å². The van der Waals surface area contributed by atoms with Crippen LogP contribution in [0.5, 0.6) is 0 Å². The Balaban J connectivity index is 1.96. The molecule has 1 aromatic rings. The van der Waals surface area contributed by atoms with Crippen molar-refractivity contribution in [2.75, 3.05) is 12.3 Å². The van der Waals surface area contributed by atoms with Crippen molar-refractivity contribution in [3.05, 3.63) is 29.8 Å². The average Bonchev–Trinajstić information content (AvgIpc) is 2.46. The van der Waals surface area contributed by atoms with Gasteiger partial charge in [0.05, 0.1) is 9.88 Å². The molecular weight excluding hydrogens is 324 g/mol. The molecule has 1 atom stereocenters. The van der Waals surface area contributed by atoms with Gasteiger partial charge in [-0.1, -0.05) is 30.8 Å². The highest BCUT2D eigenvalue weighted by Gasteiger charge is 2.19. The molecule has 0 aromatic heterocycles.